The van der Waals surface area contributed by atoms with Crippen LogP contribution in [-0.2, 0) is 9.84 Å². The van der Waals surface area contributed by atoms with Gasteiger partial charge in [-0.2, -0.15) is 0 Å². The molecule has 1 aromatic heterocycles. The fourth-order valence-corrected chi connectivity index (χ4v) is 3.35. The Labute approximate surface area is 125 Å². The highest BCUT2D eigenvalue weighted by Crippen LogP contribution is 2.34. The van der Waals surface area contributed by atoms with E-state index in [0.717, 1.165) is 9.79 Å². The summed E-state index contributed by atoms with van der Waals surface area (Å²) in [6, 6.07) is 10.2. The lowest BCUT2D eigenvalue weighted by molar-refractivity contribution is 0.315. The van der Waals surface area contributed by atoms with Crippen molar-refractivity contribution in [2.24, 2.45) is 0 Å². The number of hydrogen-bond donors (Lipinski definition) is 1. The van der Waals surface area contributed by atoms with Crippen molar-refractivity contribution in [3.05, 3.63) is 36.4 Å². The van der Waals surface area contributed by atoms with Crippen molar-refractivity contribution < 1.29 is 13.0 Å². The average molecular weight is 321 g/mol. The molecule has 0 saturated heterocycles. The van der Waals surface area contributed by atoms with Gasteiger partial charge in [-0.25, -0.2) is 13.0 Å². The Kier molecular flexibility index (Phi) is 3.34. The summed E-state index contributed by atoms with van der Waals surface area (Å²) in [5.74, 6) is 0. The topological polar surface area (TPSA) is 99.1 Å². The molecular formula is C13H11N3O3S2. The van der Waals surface area contributed by atoms with E-state index in [0.29, 0.717) is 16.7 Å². The summed E-state index contributed by atoms with van der Waals surface area (Å²) in [4.78, 5) is 2.02. The Morgan fingerprint density at radius 3 is 2.38 bits per heavy atom. The molecule has 0 radical (unpaired) electrons. The number of fused-ring (bicyclic) bond motifs is 1. The maximum absolute atomic E-state index is 11.4. The molecule has 0 aliphatic rings. The summed E-state index contributed by atoms with van der Waals surface area (Å²) in [6.45, 7) is 0. The molecule has 0 aliphatic carbocycles. The van der Waals surface area contributed by atoms with Gasteiger partial charge in [0.1, 0.15) is 0 Å². The molecule has 108 valence electrons. The van der Waals surface area contributed by atoms with Crippen LogP contribution < -0.4 is 5.73 Å². The zero-order valence-corrected chi connectivity index (χ0v) is 12.6. The summed E-state index contributed by atoms with van der Waals surface area (Å²) >= 11 is 1.44. The van der Waals surface area contributed by atoms with Crippen LogP contribution in [0.15, 0.2) is 55.7 Å². The van der Waals surface area contributed by atoms with E-state index in [2.05, 4.69) is 10.3 Å². The van der Waals surface area contributed by atoms with Crippen molar-refractivity contribution in [3.8, 4) is 0 Å². The van der Waals surface area contributed by atoms with Gasteiger partial charge in [0.2, 0.25) is 0 Å². The van der Waals surface area contributed by atoms with E-state index in [4.69, 9.17) is 10.4 Å². The lowest BCUT2D eigenvalue weighted by atomic mass is 10.3. The van der Waals surface area contributed by atoms with E-state index >= 15 is 0 Å². The zero-order valence-electron chi connectivity index (χ0n) is 11.0. The van der Waals surface area contributed by atoms with Crippen molar-refractivity contribution in [2.75, 3.05) is 12.0 Å². The molecule has 3 rings (SSSR count). The van der Waals surface area contributed by atoms with Gasteiger partial charge in [-0.1, -0.05) is 11.8 Å². The molecule has 0 amide bonds. The molecule has 0 fully saturated rings. The Balaban J connectivity index is 1.96. The molecule has 8 heteroatoms. The summed E-state index contributed by atoms with van der Waals surface area (Å²) in [5, 5.41) is 7.61. The van der Waals surface area contributed by atoms with Gasteiger partial charge in [-0.05, 0) is 46.7 Å². The number of benzene rings is 2. The van der Waals surface area contributed by atoms with E-state index < -0.39 is 9.84 Å². The van der Waals surface area contributed by atoms with E-state index in [9.17, 15) is 8.42 Å². The lowest BCUT2D eigenvalue weighted by Crippen LogP contribution is -1.95. The minimum absolute atomic E-state index is 0.289. The van der Waals surface area contributed by atoms with Gasteiger partial charge in [0.05, 0.1) is 10.6 Å². The first-order chi connectivity index (χ1) is 9.95. The van der Waals surface area contributed by atoms with Crippen LogP contribution in [0.4, 0.5) is 5.69 Å². The fourth-order valence-electron chi connectivity index (χ4n) is 1.83. The van der Waals surface area contributed by atoms with Gasteiger partial charge in [0.15, 0.2) is 20.9 Å². The van der Waals surface area contributed by atoms with Crippen molar-refractivity contribution in [1.29, 1.82) is 0 Å². The van der Waals surface area contributed by atoms with Gasteiger partial charge >= 0.3 is 0 Å². The summed E-state index contributed by atoms with van der Waals surface area (Å²) in [6.07, 6.45) is 1.18. The van der Waals surface area contributed by atoms with Crippen molar-refractivity contribution in [2.45, 2.75) is 14.7 Å². The second-order valence-corrected chi connectivity index (χ2v) is 7.59. The monoisotopic (exact) mass is 321 g/mol. The Morgan fingerprint density at radius 2 is 1.71 bits per heavy atom. The normalized spacial score (nSPS) is 11.9. The Hall–Kier alpha value is -2.06. The van der Waals surface area contributed by atoms with E-state index in [1.807, 2.05) is 6.07 Å². The van der Waals surface area contributed by atoms with Gasteiger partial charge in [-0.3, -0.25) is 0 Å². The highest BCUT2D eigenvalue weighted by Gasteiger charge is 2.12. The van der Waals surface area contributed by atoms with Crippen LogP contribution in [-0.4, -0.2) is 25.0 Å². The van der Waals surface area contributed by atoms with Crippen molar-refractivity contribution in [1.82, 2.24) is 10.3 Å². The van der Waals surface area contributed by atoms with E-state index in [1.165, 1.54) is 18.0 Å². The number of rotatable bonds is 3. The third-order valence-electron chi connectivity index (χ3n) is 2.89. The standard InChI is InChI=1S/C13H11N3O3S2/c1-21(17,18)9-4-2-8(3-5-9)20-11-7-6-10(14)12-13(11)16-19-15-12/h2-7H,14H2,1H3. The number of aromatic nitrogens is 2. The number of sulfone groups is 1. The quantitative estimate of drug-likeness (QED) is 0.739. The number of nitrogens with zero attached hydrogens (tertiary/aromatic N) is 2. The molecule has 0 atom stereocenters. The third-order valence-corrected chi connectivity index (χ3v) is 5.07. The molecule has 21 heavy (non-hydrogen) atoms. The number of hydrogen-bond acceptors (Lipinski definition) is 7. The first-order valence-electron chi connectivity index (χ1n) is 5.94. The maximum Gasteiger partial charge on any atom is 0.175 e. The Morgan fingerprint density at radius 1 is 1.05 bits per heavy atom. The zero-order chi connectivity index (χ0) is 15.0. The smallest absolute Gasteiger partial charge is 0.175 e. The molecule has 0 unspecified atom stereocenters. The predicted octanol–water partition coefficient (Wildman–Crippen LogP) is 2.36. The van der Waals surface area contributed by atoms with Crippen LogP contribution in [0, 0.1) is 0 Å². The third kappa shape index (κ3) is 2.72. The SMILES string of the molecule is CS(=O)(=O)c1ccc(Sc2ccc(N)c3nonc23)cc1. The second-order valence-electron chi connectivity index (χ2n) is 4.46. The minimum atomic E-state index is -3.19. The largest absolute Gasteiger partial charge is 0.397 e. The van der Waals surface area contributed by atoms with Gasteiger partial charge in [-0.15, -0.1) is 0 Å². The molecule has 2 N–H and O–H groups in total. The summed E-state index contributed by atoms with van der Waals surface area (Å²) < 4.78 is 27.6. The predicted molar refractivity (Wildman–Crippen MR) is 79.9 cm³/mol. The maximum atomic E-state index is 11.4. The number of nitrogens with two attached hydrogens (primary N) is 1. The van der Waals surface area contributed by atoms with Gasteiger partial charge < -0.3 is 5.73 Å². The fraction of sp³-hybridized carbons (Fsp3) is 0.0769. The highest BCUT2D eigenvalue weighted by atomic mass is 32.2. The van der Waals surface area contributed by atoms with Crippen molar-refractivity contribution in [3.63, 3.8) is 0 Å². The van der Waals surface area contributed by atoms with E-state index in [-0.39, 0.29) is 4.90 Å². The number of nitrogen functional groups attached to an aromatic ring is 1. The molecule has 0 saturated carbocycles. The van der Waals surface area contributed by atoms with Crippen LogP contribution in [0.5, 0.6) is 0 Å². The van der Waals surface area contributed by atoms with Gasteiger partial charge in [0, 0.05) is 16.0 Å². The first-order valence-corrected chi connectivity index (χ1v) is 8.64. The number of anilines is 1. The highest BCUT2D eigenvalue weighted by molar-refractivity contribution is 7.99. The van der Waals surface area contributed by atoms with Gasteiger partial charge in [0.25, 0.3) is 0 Å². The molecule has 1 heterocycles. The molecule has 6 nitrogen and oxygen atoms in total. The van der Waals surface area contributed by atoms with Crippen LogP contribution in [0.25, 0.3) is 11.0 Å². The summed E-state index contributed by atoms with van der Waals surface area (Å²) in [7, 11) is -3.19. The molecule has 2 aromatic carbocycles. The second kappa shape index (κ2) is 5.05. The van der Waals surface area contributed by atoms with E-state index in [1.54, 1.807) is 30.3 Å². The first kappa shape index (κ1) is 13.9. The lowest BCUT2D eigenvalue weighted by Gasteiger charge is -2.04. The average Bonchev–Trinajstić information content (AvgIpc) is 2.92. The molecular weight excluding hydrogens is 310 g/mol. The van der Waals surface area contributed by atoms with Crippen LogP contribution >= 0.6 is 11.8 Å². The van der Waals surface area contributed by atoms with Crippen LogP contribution in [0.1, 0.15) is 0 Å². The molecule has 3 aromatic rings. The Bertz CT molecular complexity index is 902. The molecule has 0 bridgehead atoms. The van der Waals surface area contributed by atoms with Crippen molar-refractivity contribution >= 4 is 38.3 Å². The molecule has 0 spiro atoms. The summed E-state index contributed by atoms with van der Waals surface area (Å²) in [5.41, 5.74) is 7.41. The molecule has 0 aliphatic heterocycles. The van der Waals surface area contributed by atoms with Crippen LogP contribution in [0.2, 0.25) is 0 Å². The van der Waals surface area contributed by atoms with Crippen LogP contribution in [0.3, 0.4) is 0 Å². The minimum Gasteiger partial charge on any atom is -0.397 e.